The second-order valence-corrected chi connectivity index (χ2v) is 2.95. The van der Waals surface area contributed by atoms with Gasteiger partial charge in [-0.05, 0) is 24.3 Å². The van der Waals surface area contributed by atoms with Crippen molar-refractivity contribution in [2.24, 2.45) is 0 Å². The number of hydrogen-bond acceptors (Lipinski definition) is 4. The molecule has 70 valence electrons. The van der Waals surface area contributed by atoms with Crippen molar-refractivity contribution in [2.75, 3.05) is 11.5 Å². The Hall–Kier alpha value is -2.10. The molecule has 0 radical (unpaired) electrons. The van der Waals surface area contributed by atoms with Crippen molar-refractivity contribution in [1.29, 1.82) is 0 Å². The van der Waals surface area contributed by atoms with Gasteiger partial charge in [-0.2, -0.15) is 0 Å². The summed E-state index contributed by atoms with van der Waals surface area (Å²) in [5.74, 6) is 0. The van der Waals surface area contributed by atoms with Crippen LogP contribution in [0.25, 0.3) is 11.4 Å². The van der Waals surface area contributed by atoms with Gasteiger partial charge in [-0.15, -0.1) is 0 Å². The predicted molar refractivity (Wildman–Crippen MR) is 56.3 cm³/mol. The van der Waals surface area contributed by atoms with E-state index < -0.39 is 0 Å². The van der Waals surface area contributed by atoms with Crippen LogP contribution in [0.15, 0.2) is 36.7 Å². The Labute approximate surface area is 81.6 Å². The van der Waals surface area contributed by atoms with Crippen LogP contribution in [0.4, 0.5) is 11.4 Å². The third-order valence-electron chi connectivity index (χ3n) is 1.84. The Morgan fingerprint density at radius 1 is 0.714 bits per heavy atom. The van der Waals surface area contributed by atoms with Crippen LogP contribution in [0.2, 0.25) is 0 Å². The molecule has 0 aliphatic carbocycles. The smallest absolute Gasteiger partial charge is 0.0887 e. The zero-order chi connectivity index (χ0) is 9.97. The van der Waals surface area contributed by atoms with Crippen LogP contribution in [0.3, 0.4) is 0 Å². The van der Waals surface area contributed by atoms with E-state index in [0.717, 1.165) is 11.4 Å². The molecule has 0 atom stereocenters. The summed E-state index contributed by atoms with van der Waals surface area (Å²) in [4.78, 5) is 8.30. The second kappa shape index (κ2) is 3.33. The summed E-state index contributed by atoms with van der Waals surface area (Å²) in [6, 6.07) is 7.24. The highest BCUT2D eigenvalue weighted by molar-refractivity contribution is 5.57. The molecule has 0 aromatic carbocycles. The second-order valence-electron chi connectivity index (χ2n) is 2.95. The summed E-state index contributed by atoms with van der Waals surface area (Å²) in [5.41, 5.74) is 13.9. The van der Waals surface area contributed by atoms with E-state index in [9.17, 15) is 0 Å². The van der Waals surface area contributed by atoms with E-state index in [2.05, 4.69) is 9.97 Å². The lowest BCUT2D eigenvalue weighted by atomic mass is 10.2. The molecule has 0 amide bonds. The fourth-order valence-electron chi connectivity index (χ4n) is 1.11. The first-order valence-electron chi connectivity index (χ1n) is 4.19. The molecule has 0 bridgehead atoms. The van der Waals surface area contributed by atoms with Gasteiger partial charge in [-0.25, -0.2) is 0 Å². The highest BCUT2D eigenvalue weighted by Gasteiger charge is 1.99. The number of nitrogen functional groups attached to an aromatic ring is 2. The molecule has 2 rings (SSSR count). The maximum absolute atomic E-state index is 5.53. The number of hydrogen-bond donors (Lipinski definition) is 2. The van der Waals surface area contributed by atoms with Crippen LogP contribution in [0.5, 0.6) is 0 Å². The van der Waals surface area contributed by atoms with E-state index in [1.807, 2.05) is 12.1 Å². The third-order valence-corrected chi connectivity index (χ3v) is 1.84. The van der Waals surface area contributed by atoms with Crippen LogP contribution in [0, 0.1) is 0 Å². The molecular weight excluding hydrogens is 176 g/mol. The van der Waals surface area contributed by atoms with Gasteiger partial charge in [0.15, 0.2) is 0 Å². The van der Waals surface area contributed by atoms with Crippen molar-refractivity contribution in [2.45, 2.75) is 0 Å². The van der Waals surface area contributed by atoms with E-state index in [4.69, 9.17) is 11.5 Å². The molecule has 0 saturated carbocycles. The topological polar surface area (TPSA) is 77.8 Å². The van der Waals surface area contributed by atoms with E-state index in [1.54, 1.807) is 24.5 Å². The average molecular weight is 186 g/mol. The van der Waals surface area contributed by atoms with Gasteiger partial charge in [0.1, 0.15) is 0 Å². The molecule has 4 N–H and O–H groups in total. The van der Waals surface area contributed by atoms with E-state index in [1.165, 1.54) is 0 Å². The lowest BCUT2D eigenvalue weighted by Gasteiger charge is -2.00. The SMILES string of the molecule is Nc1ccc(-c2ccc(N)cn2)nc1. The van der Waals surface area contributed by atoms with Crippen molar-refractivity contribution in [3.05, 3.63) is 36.7 Å². The van der Waals surface area contributed by atoms with E-state index in [0.29, 0.717) is 11.4 Å². The van der Waals surface area contributed by atoms with Crippen LogP contribution >= 0.6 is 0 Å². The molecule has 0 aliphatic rings. The van der Waals surface area contributed by atoms with Gasteiger partial charge in [0.05, 0.1) is 35.2 Å². The standard InChI is InChI=1S/C10H10N4/c11-7-1-3-9(13-5-7)10-4-2-8(12)6-14-10/h1-6H,11-12H2. The molecule has 4 heteroatoms. The molecule has 4 nitrogen and oxygen atoms in total. The number of rotatable bonds is 1. The molecule has 0 unspecified atom stereocenters. The summed E-state index contributed by atoms with van der Waals surface area (Å²) < 4.78 is 0. The largest absolute Gasteiger partial charge is 0.397 e. The van der Waals surface area contributed by atoms with E-state index in [-0.39, 0.29) is 0 Å². The van der Waals surface area contributed by atoms with Gasteiger partial charge in [0.25, 0.3) is 0 Å². The molecule has 2 aromatic rings. The molecule has 0 saturated heterocycles. The van der Waals surface area contributed by atoms with Crippen LogP contribution < -0.4 is 11.5 Å². The molecule has 0 spiro atoms. The summed E-state index contributed by atoms with van der Waals surface area (Å²) in [7, 11) is 0. The maximum Gasteiger partial charge on any atom is 0.0887 e. The van der Waals surface area contributed by atoms with Crippen LogP contribution in [-0.4, -0.2) is 9.97 Å². The Morgan fingerprint density at radius 3 is 1.43 bits per heavy atom. The first kappa shape index (κ1) is 8.50. The highest BCUT2D eigenvalue weighted by atomic mass is 14.8. The van der Waals surface area contributed by atoms with E-state index >= 15 is 0 Å². The van der Waals surface area contributed by atoms with Crippen molar-refractivity contribution >= 4 is 11.4 Å². The number of nitrogens with zero attached hydrogens (tertiary/aromatic N) is 2. The average Bonchev–Trinajstić information content (AvgIpc) is 2.21. The minimum Gasteiger partial charge on any atom is -0.397 e. The molecule has 0 fully saturated rings. The highest BCUT2D eigenvalue weighted by Crippen LogP contribution is 2.15. The quantitative estimate of drug-likeness (QED) is 0.703. The van der Waals surface area contributed by atoms with Crippen molar-refractivity contribution < 1.29 is 0 Å². The molecule has 14 heavy (non-hydrogen) atoms. The Morgan fingerprint density at radius 2 is 1.14 bits per heavy atom. The van der Waals surface area contributed by atoms with Gasteiger partial charge in [0, 0.05) is 0 Å². The first-order chi connectivity index (χ1) is 6.75. The summed E-state index contributed by atoms with van der Waals surface area (Å²) in [5, 5.41) is 0. The van der Waals surface area contributed by atoms with Gasteiger partial charge in [-0.3, -0.25) is 9.97 Å². The first-order valence-corrected chi connectivity index (χ1v) is 4.19. The van der Waals surface area contributed by atoms with Crippen molar-refractivity contribution in [1.82, 2.24) is 9.97 Å². The van der Waals surface area contributed by atoms with Crippen molar-refractivity contribution in [3.8, 4) is 11.4 Å². The molecule has 2 aromatic heterocycles. The van der Waals surface area contributed by atoms with Gasteiger partial charge >= 0.3 is 0 Å². The Bertz CT molecular complexity index is 375. The number of pyridine rings is 2. The third kappa shape index (κ3) is 1.64. The lowest BCUT2D eigenvalue weighted by Crippen LogP contribution is -1.91. The number of anilines is 2. The lowest BCUT2D eigenvalue weighted by molar-refractivity contribution is 1.25. The molecule has 0 aliphatic heterocycles. The zero-order valence-electron chi connectivity index (χ0n) is 7.51. The number of aromatic nitrogens is 2. The minimum atomic E-state index is 0.643. The summed E-state index contributed by atoms with van der Waals surface area (Å²) >= 11 is 0. The number of nitrogens with two attached hydrogens (primary N) is 2. The van der Waals surface area contributed by atoms with Gasteiger partial charge in [-0.1, -0.05) is 0 Å². The summed E-state index contributed by atoms with van der Waals surface area (Å²) in [6.45, 7) is 0. The Kier molecular flexibility index (Phi) is 2.02. The normalized spacial score (nSPS) is 10.0. The van der Waals surface area contributed by atoms with Gasteiger partial charge < -0.3 is 11.5 Å². The maximum atomic E-state index is 5.53. The van der Waals surface area contributed by atoms with Crippen molar-refractivity contribution in [3.63, 3.8) is 0 Å². The minimum absolute atomic E-state index is 0.643. The molecule has 2 heterocycles. The fraction of sp³-hybridized carbons (Fsp3) is 0. The van der Waals surface area contributed by atoms with Gasteiger partial charge in [0.2, 0.25) is 0 Å². The monoisotopic (exact) mass is 186 g/mol. The predicted octanol–water partition coefficient (Wildman–Crippen LogP) is 1.31. The fourth-order valence-corrected chi connectivity index (χ4v) is 1.11. The zero-order valence-corrected chi connectivity index (χ0v) is 7.51. The Balaban J connectivity index is 2.40. The molecular formula is C10H10N4. The van der Waals surface area contributed by atoms with Crippen LogP contribution in [0.1, 0.15) is 0 Å². The summed E-state index contributed by atoms with van der Waals surface area (Å²) in [6.07, 6.45) is 3.21. The van der Waals surface area contributed by atoms with Crippen LogP contribution in [-0.2, 0) is 0 Å².